The van der Waals surface area contributed by atoms with Gasteiger partial charge in [-0.3, -0.25) is 9.59 Å². The molecule has 1 amide bonds. The molecule has 1 aromatic rings. The Morgan fingerprint density at radius 1 is 1.31 bits per heavy atom. The summed E-state index contributed by atoms with van der Waals surface area (Å²) in [5, 5.41) is 3.15. The van der Waals surface area contributed by atoms with Crippen LogP contribution in [0.15, 0.2) is 18.2 Å². The minimum atomic E-state index is -0.0165. The number of nitrogens with zero attached hydrogens (tertiary/aromatic N) is 1. The lowest BCUT2D eigenvalue weighted by Gasteiger charge is -2.24. The number of ketones is 1. The third-order valence-electron chi connectivity index (χ3n) is 4.50. The highest BCUT2D eigenvalue weighted by Gasteiger charge is 2.27. The average Bonchev–Trinajstić information content (AvgIpc) is 3.07. The van der Waals surface area contributed by atoms with E-state index in [0.717, 1.165) is 25.9 Å². The maximum atomic E-state index is 12.4. The van der Waals surface area contributed by atoms with E-state index in [1.54, 1.807) is 25.3 Å². The molecular weight excluding hydrogens is 356 g/mol. The van der Waals surface area contributed by atoms with Gasteiger partial charge in [-0.2, -0.15) is 0 Å². The van der Waals surface area contributed by atoms with Gasteiger partial charge in [0.25, 0.3) is 0 Å². The maximum absolute atomic E-state index is 12.4. The number of rotatable bonds is 9. The van der Waals surface area contributed by atoms with Crippen LogP contribution in [0, 0.1) is 0 Å². The van der Waals surface area contributed by atoms with Gasteiger partial charge >= 0.3 is 0 Å². The summed E-state index contributed by atoms with van der Waals surface area (Å²) >= 11 is 0. The van der Waals surface area contributed by atoms with Gasteiger partial charge in [-0.15, -0.1) is 12.4 Å². The summed E-state index contributed by atoms with van der Waals surface area (Å²) in [6, 6.07) is 5.45. The maximum Gasteiger partial charge on any atom is 0.222 e. The van der Waals surface area contributed by atoms with E-state index in [-0.39, 0.29) is 24.1 Å². The Hall–Kier alpha value is -1.79. The molecule has 1 aromatic carbocycles. The number of amides is 1. The molecule has 0 spiro atoms. The summed E-state index contributed by atoms with van der Waals surface area (Å²) in [7, 11) is 3.46. The van der Waals surface area contributed by atoms with Crippen molar-refractivity contribution in [3.63, 3.8) is 0 Å². The Bertz CT molecular complexity index is 609. The van der Waals surface area contributed by atoms with Crippen LogP contribution >= 0.6 is 12.4 Å². The Balaban J connectivity index is 0.00000338. The van der Waals surface area contributed by atoms with Crippen LogP contribution in [0.2, 0.25) is 0 Å². The number of nitrogens with one attached hydrogen (secondary N) is 1. The van der Waals surface area contributed by atoms with Crippen molar-refractivity contribution in [2.45, 2.75) is 38.6 Å². The van der Waals surface area contributed by atoms with E-state index in [2.05, 4.69) is 5.32 Å². The van der Waals surface area contributed by atoms with Crippen LogP contribution in [0.4, 0.5) is 0 Å². The van der Waals surface area contributed by atoms with Crippen LogP contribution in [-0.2, 0) is 4.79 Å². The number of hydrogen-bond donors (Lipinski definition) is 1. The minimum absolute atomic E-state index is 0. The van der Waals surface area contributed by atoms with Gasteiger partial charge in [0.15, 0.2) is 17.3 Å². The number of likely N-dealkylation sites (N-methyl/N-ethyl adjacent to an activating group) is 1. The average molecular weight is 385 g/mol. The molecule has 1 unspecified atom stereocenters. The van der Waals surface area contributed by atoms with E-state index >= 15 is 0 Å². The van der Waals surface area contributed by atoms with Crippen molar-refractivity contribution in [3.8, 4) is 11.5 Å². The van der Waals surface area contributed by atoms with Gasteiger partial charge in [-0.05, 0) is 51.4 Å². The van der Waals surface area contributed by atoms with E-state index in [1.165, 1.54) is 6.92 Å². The number of methoxy groups -OCH3 is 1. The summed E-state index contributed by atoms with van der Waals surface area (Å²) in [5.41, 5.74) is 0.587. The lowest BCUT2D eigenvalue weighted by Crippen LogP contribution is -2.40. The summed E-state index contributed by atoms with van der Waals surface area (Å²) in [6.07, 6.45) is 3.28. The molecular formula is C19H29ClN2O4. The summed E-state index contributed by atoms with van der Waals surface area (Å²) < 4.78 is 11.0. The van der Waals surface area contributed by atoms with Crippen molar-refractivity contribution in [2.24, 2.45) is 0 Å². The zero-order chi connectivity index (χ0) is 18.2. The SMILES string of the molecule is CNCC1CCCN1C(=O)CCCOc1ccc(C(C)=O)cc1OC.Cl. The molecule has 1 atom stereocenters. The van der Waals surface area contributed by atoms with Crippen LogP contribution < -0.4 is 14.8 Å². The highest BCUT2D eigenvalue weighted by atomic mass is 35.5. The molecule has 26 heavy (non-hydrogen) atoms. The smallest absolute Gasteiger partial charge is 0.222 e. The first-order chi connectivity index (χ1) is 12.1. The zero-order valence-electron chi connectivity index (χ0n) is 15.7. The molecule has 0 bridgehead atoms. The number of benzene rings is 1. The first-order valence-electron chi connectivity index (χ1n) is 8.82. The molecule has 1 saturated heterocycles. The van der Waals surface area contributed by atoms with E-state index in [4.69, 9.17) is 9.47 Å². The van der Waals surface area contributed by atoms with Gasteiger partial charge in [0, 0.05) is 31.1 Å². The van der Waals surface area contributed by atoms with Crippen LogP contribution in [0.5, 0.6) is 11.5 Å². The molecule has 0 aromatic heterocycles. The van der Waals surface area contributed by atoms with Crippen LogP contribution in [0.3, 0.4) is 0 Å². The Labute approximate surface area is 161 Å². The van der Waals surface area contributed by atoms with Crippen LogP contribution in [-0.4, -0.2) is 56.5 Å². The molecule has 1 aliphatic heterocycles. The predicted octanol–water partition coefficient (Wildman–Crippen LogP) is 2.69. The van der Waals surface area contributed by atoms with Gasteiger partial charge in [-0.25, -0.2) is 0 Å². The van der Waals surface area contributed by atoms with Crippen LogP contribution in [0.1, 0.15) is 43.0 Å². The molecule has 0 radical (unpaired) electrons. The first-order valence-corrected chi connectivity index (χ1v) is 8.82. The molecule has 1 N–H and O–H groups in total. The molecule has 1 heterocycles. The Morgan fingerprint density at radius 2 is 2.08 bits per heavy atom. The Kier molecular flexibility index (Phi) is 9.44. The molecule has 1 fully saturated rings. The zero-order valence-corrected chi connectivity index (χ0v) is 16.6. The van der Waals surface area contributed by atoms with E-state index < -0.39 is 0 Å². The second kappa shape index (κ2) is 11.0. The van der Waals surface area contributed by atoms with Crippen molar-refractivity contribution in [3.05, 3.63) is 23.8 Å². The van der Waals surface area contributed by atoms with Crippen molar-refractivity contribution in [2.75, 3.05) is 33.9 Å². The summed E-state index contributed by atoms with van der Waals surface area (Å²) in [4.78, 5) is 25.8. The summed E-state index contributed by atoms with van der Waals surface area (Å²) in [5.74, 6) is 1.30. The standard InChI is InChI=1S/C19H28N2O4.ClH/c1-14(22)15-8-9-17(18(12-15)24-3)25-11-5-7-19(23)21-10-4-6-16(21)13-20-2;/h8-9,12,16,20H,4-7,10-11,13H2,1-3H3;1H. The quantitative estimate of drug-likeness (QED) is 0.523. The van der Waals surface area contributed by atoms with Crippen molar-refractivity contribution in [1.82, 2.24) is 10.2 Å². The van der Waals surface area contributed by atoms with Crippen molar-refractivity contribution < 1.29 is 19.1 Å². The van der Waals surface area contributed by atoms with Gasteiger partial charge in [0.05, 0.1) is 13.7 Å². The minimum Gasteiger partial charge on any atom is -0.493 e. The van der Waals surface area contributed by atoms with Crippen molar-refractivity contribution in [1.29, 1.82) is 0 Å². The molecule has 0 saturated carbocycles. The molecule has 1 aliphatic rings. The number of likely N-dealkylation sites (tertiary alicyclic amines) is 1. The topological polar surface area (TPSA) is 67.9 Å². The largest absolute Gasteiger partial charge is 0.493 e. The lowest BCUT2D eigenvalue weighted by atomic mass is 10.1. The second-order valence-electron chi connectivity index (χ2n) is 6.31. The second-order valence-corrected chi connectivity index (χ2v) is 6.31. The molecule has 2 rings (SSSR count). The normalized spacial score (nSPS) is 16.1. The number of hydrogen-bond acceptors (Lipinski definition) is 5. The number of Topliss-reactive ketones (excluding diaryl/α,β-unsaturated/α-hetero) is 1. The molecule has 6 nitrogen and oxygen atoms in total. The highest BCUT2D eigenvalue weighted by Crippen LogP contribution is 2.28. The molecule has 146 valence electrons. The lowest BCUT2D eigenvalue weighted by molar-refractivity contribution is -0.132. The Morgan fingerprint density at radius 3 is 2.73 bits per heavy atom. The number of ether oxygens (including phenoxy) is 2. The summed E-state index contributed by atoms with van der Waals surface area (Å²) in [6.45, 7) is 3.65. The third kappa shape index (κ3) is 5.88. The predicted molar refractivity (Wildman–Crippen MR) is 104 cm³/mol. The number of carbonyl (C=O) groups excluding carboxylic acids is 2. The van der Waals surface area contributed by atoms with Gasteiger partial charge < -0.3 is 19.7 Å². The third-order valence-corrected chi connectivity index (χ3v) is 4.50. The fourth-order valence-electron chi connectivity index (χ4n) is 3.17. The van der Waals surface area contributed by atoms with E-state index in [0.29, 0.717) is 42.6 Å². The van der Waals surface area contributed by atoms with Crippen molar-refractivity contribution >= 4 is 24.1 Å². The molecule has 0 aliphatic carbocycles. The van der Waals surface area contributed by atoms with Gasteiger partial charge in [0.2, 0.25) is 5.91 Å². The fourth-order valence-corrected chi connectivity index (χ4v) is 3.17. The van der Waals surface area contributed by atoms with E-state index in [1.807, 2.05) is 11.9 Å². The fraction of sp³-hybridized carbons (Fsp3) is 0.579. The van der Waals surface area contributed by atoms with Gasteiger partial charge in [0.1, 0.15) is 0 Å². The van der Waals surface area contributed by atoms with Gasteiger partial charge in [-0.1, -0.05) is 0 Å². The monoisotopic (exact) mass is 384 g/mol. The number of halogens is 1. The molecule has 7 heteroatoms. The first kappa shape index (κ1) is 22.3. The van der Waals surface area contributed by atoms with E-state index in [9.17, 15) is 9.59 Å². The van der Waals surface area contributed by atoms with Crippen LogP contribution in [0.25, 0.3) is 0 Å². The highest BCUT2D eigenvalue weighted by molar-refractivity contribution is 5.94. The number of carbonyl (C=O) groups is 2.